The first-order valence-electron chi connectivity index (χ1n) is 6.09. The zero-order valence-corrected chi connectivity index (χ0v) is 10.9. The molecule has 1 unspecified atom stereocenters. The summed E-state index contributed by atoms with van der Waals surface area (Å²) in [7, 11) is 1.65. The lowest BCUT2D eigenvalue weighted by Crippen LogP contribution is -2.24. The first-order valence-corrected chi connectivity index (χ1v) is 6.09. The second-order valence-electron chi connectivity index (χ2n) is 4.63. The molecule has 0 fully saturated rings. The molecule has 0 radical (unpaired) electrons. The summed E-state index contributed by atoms with van der Waals surface area (Å²) in [5.74, 6) is 0.670. The van der Waals surface area contributed by atoms with Crippen LogP contribution in [-0.4, -0.2) is 19.5 Å². The first kappa shape index (κ1) is 13.7. The van der Waals surface area contributed by atoms with Gasteiger partial charge in [0.2, 0.25) is 5.91 Å². The van der Waals surface area contributed by atoms with Crippen molar-refractivity contribution in [2.75, 3.05) is 13.6 Å². The molecule has 0 saturated heterocycles. The molecule has 0 spiro atoms. The molecule has 0 aliphatic carbocycles. The standard InChI is InChI=1S/C14H22N2O/c1-10(2)11-4-6-12(7-5-11)13(9-15)8-14(17)16-3/h4-7,10,13H,8-9,15H2,1-3H3,(H,16,17). The average Bonchev–Trinajstić information content (AvgIpc) is 2.35. The molecule has 0 bridgehead atoms. The third kappa shape index (κ3) is 3.86. The summed E-state index contributed by atoms with van der Waals surface area (Å²) in [6.45, 7) is 4.83. The third-order valence-electron chi connectivity index (χ3n) is 3.07. The molecule has 0 saturated carbocycles. The fraction of sp³-hybridized carbons (Fsp3) is 0.500. The number of hydrogen-bond donors (Lipinski definition) is 2. The molecule has 3 N–H and O–H groups in total. The molecule has 1 aromatic rings. The van der Waals surface area contributed by atoms with Gasteiger partial charge in [-0.25, -0.2) is 0 Å². The number of carbonyl (C=O) groups is 1. The van der Waals surface area contributed by atoms with Gasteiger partial charge in [0, 0.05) is 19.4 Å². The number of nitrogens with one attached hydrogen (secondary N) is 1. The summed E-state index contributed by atoms with van der Waals surface area (Å²) in [5, 5.41) is 2.63. The quantitative estimate of drug-likeness (QED) is 0.818. The topological polar surface area (TPSA) is 55.1 Å². The summed E-state index contributed by atoms with van der Waals surface area (Å²) < 4.78 is 0. The predicted octanol–water partition coefficient (Wildman–Crippen LogP) is 1.99. The van der Waals surface area contributed by atoms with E-state index < -0.39 is 0 Å². The maximum Gasteiger partial charge on any atom is 0.220 e. The van der Waals surface area contributed by atoms with Gasteiger partial charge in [0.1, 0.15) is 0 Å². The molecule has 1 aromatic carbocycles. The lowest BCUT2D eigenvalue weighted by atomic mass is 9.93. The van der Waals surface area contributed by atoms with E-state index in [1.807, 2.05) is 0 Å². The summed E-state index contributed by atoms with van der Waals surface area (Å²) in [6.07, 6.45) is 0.452. The highest BCUT2D eigenvalue weighted by Gasteiger charge is 2.13. The zero-order valence-electron chi connectivity index (χ0n) is 10.9. The second-order valence-corrected chi connectivity index (χ2v) is 4.63. The van der Waals surface area contributed by atoms with E-state index in [1.54, 1.807) is 7.05 Å². The minimum absolute atomic E-state index is 0.0355. The van der Waals surface area contributed by atoms with Gasteiger partial charge < -0.3 is 11.1 Å². The van der Waals surface area contributed by atoms with E-state index in [0.717, 1.165) is 5.56 Å². The van der Waals surface area contributed by atoms with E-state index in [-0.39, 0.29) is 11.8 Å². The molecule has 0 aliphatic heterocycles. The molecule has 1 atom stereocenters. The Morgan fingerprint density at radius 3 is 2.18 bits per heavy atom. The van der Waals surface area contributed by atoms with E-state index >= 15 is 0 Å². The van der Waals surface area contributed by atoms with Crippen molar-refractivity contribution >= 4 is 5.91 Å². The van der Waals surface area contributed by atoms with Crippen LogP contribution in [0.25, 0.3) is 0 Å². The van der Waals surface area contributed by atoms with Crippen LogP contribution in [0, 0.1) is 0 Å². The number of carbonyl (C=O) groups excluding carboxylic acids is 1. The maximum absolute atomic E-state index is 11.4. The molecule has 17 heavy (non-hydrogen) atoms. The van der Waals surface area contributed by atoms with Gasteiger partial charge in [-0.3, -0.25) is 4.79 Å². The lowest BCUT2D eigenvalue weighted by molar-refractivity contribution is -0.120. The Balaban J connectivity index is 2.78. The van der Waals surface area contributed by atoms with Crippen LogP contribution in [0.2, 0.25) is 0 Å². The number of amides is 1. The highest BCUT2D eigenvalue weighted by atomic mass is 16.1. The Labute approximate surface area is 103 Å². The minimum atomic E-state index is 0.0355. The molecule has 3 heteroatoms. The summed E-state index contributed by atoms with van der Waals surface area (Å²) in [6, 6.07) is 8.39. The third-order valence-corrected chi connectivity index (χ3v) is 3.07. The number of nitrogens with two attached hydrogens (primary N) is 1. The van der Waals surface area contributed by atoms with Crippen molar-refractivity contribution in [3.8, 4) is 0 Å². The average molecular weight is 234 g/mol. The monoisotopic (exact) mass is 234 g/mol. The largest absolute Gasteiger partial charge is 0.359 e. The fourth-order valence-corrected chi connectivity index (χ4v) is 1.82. The van der Waals surface area contributed by atoms with E-state index in [2.05, 4.69) is 43.4 Å². The van der Waals surface area contributed by atoms with Gasteiger partial charge in [-0.1, -0.05) is 38.1 Å². The van der Waals surface area contributed by atoms with Gasteiger partial charge >= 0.3 is 0 Å². The van der Waals surface area contributed by atoms with Crippen molar-refractivity contribution in [2.24, 2.45) is 5.73 Å². The van der Waals surface area contributed by atoms with Gasteiger partial charge in [0.05, 0.1) is 0 Å². The number of rotatable bonds is 5. The first-order chi connectivity index (χ1) is 8.08. The summed E-state index contributed by atoms with van der Waals surface area (Å²) >= 11 is 0. The molecule has 0 heterocycles. The molecule has 94 valence electrons. The molecule has 0 aromatic heterocycles. The van der Waals surface area contributed by atoms with Crippen molar-refractivity contribution in [2.45, 2.75) is 32.1 Å². The normalized spacial score (nSPS) is 12.5. The van der Waals surface area contributed by atoms with Crippen LogP contribution in [-0.2, 0) is 4.79 Å². The fourth-order valence-electron chi connectivity index (χ4n) is 1.82. The van der Waals surface area contributed by atoms with Crippen LogP contribution in [0.5, 0.6) is 0 Å². The van der Waals surface area contributed by atoms with E-state index in [1.165, 1.54) is 5.56 Å². The molecule has 1 amide bonds. The second kappa shape index (κ2) is 6.40. The highest BCUT2D eigenvalue weighted by Crippen LogP contribution is 2.21. The van der Waals surface area contributed by atoms with Gasteiger partial charge in [0.15, 0.2) is 0 Å². The van der Waals surface area contributed by atoms with Gasteiger partial charge in [0.25, 0.3) is 0 Å². The van der Waals surface area contributed by atoms with Crippen molar-refractivity contribution in [1.82, 2.24) is 5.32 Å². The van der Waals surface area contributed by atoms with Gasteiger partial charge in [-0.05, 0) is 23.6 Å². The Bertz CT molecular complexity index is 357. The summed E-state index contributed by atoms with van der Waals surface area (Å²) in [4.78, 5) is 11.4. The van der Waals surface area contributed by atoms with E-state index in [0.29, 0.717) is 18.9 Å². The predicted molar refractivity (Wildman–Crippen MR) is 71.0 cm³/mol. The van der Waals surface area contributed by atoms with E-state index in [4.69, 9.17) is 5.73 Å². The SMILES string of the molecule is CNC(=O)CC(CN)c1ccc(C(C)C)cc1. The molecule has 1 rings (SSSR count). The minimum Gasteiger partial charge on any atom is -0.359 e. The van der Waals surface area contributed by atoms with Gasteiger partial charge in [-0.15, -0.1) is 0 Å². The van der Waals surface area contributed by atoms with Crippen LogP contribution in [0.4, 0.5) is 0 Å². The lowest BCUT2D eigenvalue weighted by Gasteiger charge is -2.15. The van der Waals surface area contributed by atoms with E-state index in [9.17, 15) is 4.79 Å². The Morgan fingerprint density at radius 2 is 1.76 bits per heavy atom. The Morgan fingerprint density at radius 1 is 1.24 bits per heavy atom. The molecular weight excluding hydrogens is 212 g/mol. The van der Waals surface area contributed by atoms with Crippen LogP contribution in [0.3, 0.4) is 0 Å². The number of benzene rings is 1. The highest BCUT2D eigenvalue weighted by molar-refractivity contribution is 5.76. The number of hydrogen-bond acceptors (Lipinski definition) is 2. The molecule has 3 nitrogen and oxygen atoms in total. The van der Waals surface area contributed by atoms with Crippen LogP contribution >= 0.6 is 0 Å². The molecule has 0 aliphatic rings. The Hall–Kier alpha value is -1.35. The van der Waals surface area contributed by atoms with Crippen molar-refractivity contribution < 1.29 is 4.79 Å². The van der Waals surface area contributed by atoms with Crippen molar-refractivity contribution in [3.63, 3.8) is 0 Å². The van der Waals surface area contributed by atoms with Crippen LogP contribution in [0.15, 0.2) is 24.3 Å². The van der Waals surface area contributed by atoms with Gasteiger partial charge in [-0.2, -0.15) is 0 Å². The zero-order chi connectivity index (χ0) is 12.8. The Kier molecular flexibility index (Phi) is 5.16. The molecular formula is C14H22N2O. The maximum atomic E-state index is 11.4. The van der Waals surface area contributed by atoms with Crippen LogP contribution < -0.4 is 11.1 Å². The van der Waals surface area contributed by atoms with Crippen LogP contribution in [0.1, 0.15) is 43.2 Å². The summed E-state index contributed by atoms with van der Waals surface area (Å²) in [5.41, 5.74) is 8.17. The van der Waals surface area contributed by atoms with Crippen molar-refractivity contribution in [3.05, 3.63) is 35.4 Å². The smallest absolute Gasteiger partial charge is 0.220 e. The van der Waals surface area contributed by atoms with Crippen molar-refractivity contribution in [1.29, 1.82) is 0 Å².